The van der Waals surface area contributed by atoms with Gasteiger partial charge in [0.1, 0.15) is 0 Å². The Kier molecular flexibility index (Phi) is 8.45. The number of amides is 4. The summed E-state index contributed by atoms with van der Waals surface area (Å²) in [5.41, 5.74) is 0. The van der Waals surface area contributed by atoms with Crippen LogP contribution in [0, 0.1) is 0 Å². The molecule has 0 unspecified atom stereocenters. The fourth-order valence-electron chi connectivity index (χ4n) is 2.05. The average Bonchev–Trinajstić information content (AvgIpc) is 2.87. The van der Waals surface area contributed by atoms with Gasteiger partial charge in [-0.1, -0.05) is 6.42 Å². The maximum absolute atomic E-state index is 11.6. The largest absolute Gasteiger partial charge is 0.359 e. The Morgan fingerprint density at radius 1 is 0.958 bits per heavy atom. The van der Waals surface area contributed by atoms with E-state index in [0.717, 1.165) is 19.3 Å². The summed E-state index contributed by atoms with van der Waals surface area (Å²) in [6.45, 7) is 0.463. The smallest absolute Gasteiger partial charge is 0.333 e. The molecular weight excluding hydrogens is 318 g/mol. The van der Waals surface area contributed by atoms with Crippen LogP contribution in [0.15, 0.2) is 0 Å². The molecule has 134 valence electrons. The van der Waals surface area contributed by atoms with Crippen LogP contribution < -0.4 is 10.6 Å². The Morgan fingerprint density at radius 2 is 1.62 bits per heavy atom. The van der Waals surface area contributed by atoms with E-state index in [9.17, 15) is 24.0 Å². The van der Waals surface area contributed by atoms with Crippen LogP contribution in [0.5, 0.6) is 0 Å². The zero-order valence-electron chi connectivity index (χ0n) is 13.8. The van der Waals surface area contributed by atoms with Gasteiger partial charge in [-0.15, -0.1) is 5.06 Å². The highest BCUT2D eigenvalue weighted by atomic mass is 16.7. The topological polar surface area (TPSA) is 122 Å². The van der Waals surface area contributed by atoms with Gasteiger partial charge in [-0.25, -0.2) is 4.79 Å². The predicted octanol–water partition coefficient (Wildman–Crippen LogP) is -0.204. The van der Waals surface area contributed by atoms with Gasteiger partial charge < -0.3 is 15.5 Å². The van der Waals surface area contributed by atoms with E-state index >= 15 is 0 Å². The first-order valence-corrected chi connectivity index (χ1v) is 7.98. The lowest BCUT2D eigenvalue weighted by Crippen LogP contribution is -2.32. The van der Waals surface area contributed by atoms with Gasteiger partial charge in [0.05, 0.1) is 6.42 Å². The van der Waals surface area contributed by atoms with Gasteiger partial charge in [-0.05, 0) is 12.8 Å². The molecule has 24 heavy (non-hydrogen) atoms. The summed E-state index contributed by atoms with van der Waals surface area (Å²) >= 11 is 0. The number of rotatable bonds is 10. The summed E-state index contributed by atoms with van der Waals surface area (Å²) in [7, 11) is 1.59. The molecule has 1 rings (SSSR count). The van der Waals surface area contributed by atoms with Crippen molar-refractivity contribution >= 4 is 29.6 Å². The zero-order chi connectivity index (χ0) is 17.9. The molecule has 2 N–H and O–H groups in total. The molecule has 0 aliphatic carbocycles. The van der Waals surface area contributed by atoms with Gasteiger partial charge in [0.25, 0.3) is 11.8 Å². The van der Waals surface area contributed by atoms with Gasteiger partial charge in [-0.2, -0.15) is 0 Å². The molecule has 0 spiro atoms. The second-order valence-corrected chi connectivity index (χ2v) is 5.38. The summed E-state index contributed by atoms with van der Waals surface area (Å²) in [4.78, 5) is 61.3. The molecule has 9 nitrogen and oxygen atoms in total. The van der Waals surface area contributed by atoms with E-state index in [1.54, 1.807) is 7.05 Å². The van der Waals surface area contributed by atoms with E-state index in [0.29, 0.717) is 18.0 Å². The third-order valence-electron chi connectivity index (χ3n) is 3.44. The highest BCUT2D eigenvalue weighted by Gasteiger charge is 2.32. The molecule has 1 aliphatic heterocycles. The second-order valence-electron chi connectivity index (χ2n) is 5.38. The fourth-order valence-corrected chi connectivity index (χ4v) is 2.05. The van der Waals surface area contributed by atoms with Crippen molar-refractivity contribution in [2.24, 2.45) is 0 Å². The van der Waals surface area contributed by atoms with Gasteiger partial charge >= 0.3 is 5.97 Å². The lowest BCUT2D eigenvalue weighted by atomic mass is 10.2. The van der Waals surface area contributed by atoms with Crippen molar-refractivity contribution in [3.63, 3.8) is 0 Å². The van der Waals surface area contributed by atoms with Crippen molar-refractivity contribution < 1.29 is 28.8 Å². The molecule has 0 saturated carbocycles. The van der Waals surface area contributed by atoms with Crippen molar-refractivity contribution in [2.45, 2.75) is 51.4 Å². The molecule has 0 aromatic heterocycles. The van der Waals surface area contributed by atoms with Crippen molar-refractivity contribution in [2.75, 3.05) is 13.6 Å². The minimum Gasteiger partial charge on any atom is -0.359 e. The molecule has 0 aromatic rings. The van der Waals surface area contributed by atoms with Crippen molar-refractivity contribution in [1.82, 2.24) is 15.7 Å². The number of imide groups is 1. The van der Waals surface area contributed by atoms with Gasteiger partial charge in [0.2, 0.25) is 11.8 Å². The maximum Gasteiger partial charge on any atom is 0.333 e. The number of hydrogen-bond acceptors (Lipinski definition) is 6. The van der Waals surface area contributed by atoms with Crippen LogP contribution in [0.3, 0.4) is 0 Å². The SMILES string of the molecule is CNC(=O)CCCCCNC(=O)CCC(=O)ON1C(=O)CCC1=O. The van der Waals surface area contributed by atoms with Crippen LogP contribution in [0.4, 0.5) is 0 Å². The highest BCUT2D eigenvalue weighted by Crippen LogP contribution is 2.12. The van der Waals surface area contributed by atoms with E-state index in [4.69, 9.17) is 0 Å². The molecule has 1 heterocycles. The minimum absolute atomic E-state index is 0.00693. The van der Waals surface area contributed by atoms with Crippen LogP contribution in [0.25, 0.3) is 0 Å². The number of nitrogens with one attached hydrogen (secondary N) is 2. The Hall–Kier alpha value is -2.45. The van der Waals surface area contributed by atoms with Crippen LogP contribution in [-0.2, 0) is 28.8 Å². The van der Waals surface area contributed by atoms with E-state index in [1.165, 1.54) is 0 Å². The highest BCUT2D eigenvalue weighted by molar-refractivity contribution is 6.01. The van der Waals surface area contributed by atoms with Crippen molar-refractivity contribution in [3.8, 4) is 0 Å². The van der Waals surface area contributed by atoms with Crippen molar-refractivity contribution in [3.05, 3.63) is 0 Å². The third kappa shape index (κ3) is 7.21. The second kappa shape index (κ2) is 10.3. The number of nitrogens with zero attached hydrogens (tertiary/aromatic N) is 1. The Bertz CT molecular complexity index is 489. The van der Waals surface area contributed by atoms with E-state index < -0.39 is 17.8 Å². The summed E-state index contributed by atoms with van der Waals surface area (Å²) in [5.74, 6) is -2.20. The molecular formula is C15H23N3O6. The first-order chi connectivity index (χ1) is 11.4. The number of hydrogen-bond donors (Lipinski definition) is 2. The Balaban J connectivity index is 2.07. The normalized spacial score (nSPS) is 13.8. The van der Waals surface area contributed by atoms with Crippen LogP contribution >= 0.6 is 0 Å². The number of hydroxylamine groups is 2. The van der Waals surface area contributed by atoms with Crippen molar-refractivity contribution in [1.29, 1.82) is 0 Å². The molecule has 0 aromatic carbocycles. The monoisotopic (exact) mass is 341 g/mol. The van der Waals surface area contributed by atoms with Crippen LogP contribution in [0.1, 0.15) is 51.4 Å². The van der Waals surface area contributed by atoms with Gasteiger partial charge in [0.15, 0.2) is 0 Å². The summed E-state index contributed by atoms with van der Waals surface area (Å²) in [6.07, 6.45) is 2.55. The minimum atomic E-state index is -0.792. The molecule has 0 radical (unpaired) electrons. The summed E-state index contributed by atoms with van der Waals surface area (Å²) in [6, 6.07) is 0. The fraction of sp³-hybridized carbons (Fsp3) is 0.667. The molecule has 1 aliphatic rings. The lowest BCUT2D eigenvalue weighted by molar-refractivity contribution is -0.197. The standard InChI is InChI=1S/C15H23N3O6/c1-16-11(19)5-3-2-4-10-17-12(20)6-9-15(23)24-18-13(21)7-8-14(18)22/h2-10H2,1H3,(H,16,19)(H,17,20). The zero-order valence-corrected chi connectivity index (χ0v) is 13.8. The summed E-state index contributed by atoms with van der Waals surface area (Å²) in [5, 5.41) is 5.66. The first-order valence-electron chi connectivity index (χ1n) is 7.98. The van der Waals surface area contributed by atoms with Gasteiger partial charge in [0, 0.05) is 39.3 Å². The third-order valence-corrected chi connectivity index (χ3v) is 3.44. The molecule has 1 saturated heterocycles. The van der Waals surface area contributed by atoms with E-state index in [1.807, 2.05) is 0 Å². The summed E-state index contributed by atoms with van der Waals surface area (Å²) < 4.78 is 0. The molecule has 0 atom stereocenters. The van der Waals surface area contributed by atoms with Crippen LogP contribution in [-0.4, -0.2) is 48.3 Å². The first kappa shape index (κ1) is 19.6. The van der Waals surface area contributed by atoms with Crippen LogP contribution in [0.2, 0.25) is 0 Å². The van der Waals surface area contributed by atoms with Gasteiger partial charge in [-0.3, -0.25) is 19.2 Å². The predicted molar refractivity (Wildman–Crippen MR) is 82.0 cm³/mol. The van der Waals surface area contributed by atoms with E-state index in [2.05, 4.69) is 15.5 Å². The average molecular weight is 341 g/mol. The molecule has 1 fully saturated rings. The number of carbonyl (C=O) groups excluding carboxylic acids is 5. The Morgan fingerprint density at radius 3 is 2.25 bits per heavy atom. The number of unbranched alkanes of at least 4 members (excludes halogenated alkanes) is 2. The molecule has 9 heteroatoms. The Labute approximate surface area is 140 Å². The van der Waals surface area contributed by atoms with E-state index in [-0.39, 0.29) is 37.5 Å². The maximum atomic E-state index is 11.6. The lowest BCUT2D eigenvalue weighted by Gasteiger charge is -2.12. The quantitative estimate of drug-likeness (QED) is 0.419. The number of carbonyl (C=O) groups is 5. The molecule has 0 bridgehead atoms. The molecule has 4 amide bonds.